The van der Waals surface area contributed by atoms with Gasteiger partial charge in [0, 0.05) is 5.69 Å². The summed E-state index contributed by atoms with van der Waals surface area (Å²) >= 11 is 0. The van der Waals surface area contributed by atoms with Gasteiger partial charge in [-0.15, -0.1) is 0 Å². The lowest BCUT2D eigenvalue weighted by molar-refractivity contribution is 0.612. The molecular weight excluding hydrogens is 251 g/mol. The van der Waals surface area contributed by atoms with Gasteiger partial charge in [0.05, 0.1) is 6.07 Å². The van der Waals surface area contributed by atoms with Gasteiger partial charge in [-0.2, -0.15) is 5.26 Å². The summed E-state index contributed by atoms with van der Waals surface area (Å²) in [7, 11) is 0. The van der Waals surface area contributed by atoms with Crippen molar-refractivity contribution in [3.05, 3.63) is 65.0 Å². The smallest absolute Gasteiger partial charge is 0.151 e. The van der Waals surface area contributed by atoms with Gasteiger partial charge < -0.3 is 5.32 Å². The number of nitrogens with zero attached hydrogens (tertiary/aromatic N) is 1. The van der Waals surface area contributed by atoms with Crippen LogP contribution in [0.25, 0.3) is 0 Å². The predicted octanol–water partition coefficient (Wildman–Crippen LogP) is 3.91. The SMILES string of the molecule is Cc1ccc2c(c1)C(C#N)(Nc1cccc(F)c1)CC2. The first kappa shape index (κ1) is 12.7. The maximum atomic E-state index is 13.3. The number of benzene rings is 2. The summed E-state index contributed by atoms with van der Waals surface area (Å²) in [5.41, 5.74) is 3.23. The molecule has 0 fully saturated rings. The number of hydrogen-bond acceptors (Lipinski definition) is 2. The molecule has 1 N–H and O–H groups in total. The summed E-state index contributed by atoms with van der Waals surface area (Å²) < 4.78 is 13.3. The van der Waals surface area contributed by atoms with E-state index >= 15 is 0 Å². The highest BCUT2D eigenvalue weighted by Gasteiger charge is 2.39. The summed E-state index contributed by atoms with van der Waals surface area (Å²) in [6.45, 7) is 2.02. The van der Waals surface area contributed by atoms with Crippen LogP contribution in [0.4, 0.5) is 10.1 Å². The van der Waals surface area contributed by atoms with Gasteiger partial charge >= 0.3 is 0 Å². The van der Waals surface area contributed by atoms with Crippen molar-refractivity contribution >= 4 is 5.69 Å². The maximum Gasteiger partial charge on any atom is 0.151 e. The van der Waals surface area contributed by atoms with Crippen molar-refractivity contribution < 1.29 is 4.39 Å². The van der Waals surface area contributed by atoms with Crippen molar-refractivity contribution in [1.82, 2.24) is 0 Å². The third-order valence-electron chi connectivity index (χ3n) is 3.87. The largest absolute Gasteiger partial charge is 0.364 e. The molecule has 0 amide bonds. The molecule has 0 radical (unpaired) electrons. The Morgan fingerprint density at radius 1 is 1.25 bits per heavy atom. The Kier molecular flexibility index (Phi) is 2.94. The second kappa shape index (κ2) is 4.64. The van der Waals surface area contributed by atoms with Crippen LogP contribution in [0.2, 0.25) is 0 Å². The molecule has 3 rings (SSSR count). The normalized spacial score (nSPS) is 20.2. The zero-order chi connectivity index (χ0) is 14.2. The second-order valence-corrected chi connectivity index (χ2v) is 5.31. The van der Waals surface area contributed by atoms with E-state index in [1.54, 1.807) is 12.1 Å². The second-order valence-electron chi connectivity index (χ2n) is 5.31. The summed E-state index contributed by atoms with van der Waals surface area (Å²) in [5, 5.41) is 12.9. The first-order valence-electron chi connectivity index (χ1n) is 6.68. The Morgan fingerprint density at radius 3 is 2.85 bits per heavy atom. The molecule has 2 aromatic rings. The van der Waals surface area contributed by atoms with Crippen LogP contribution in [0.3, 0.4) is 0 Å². The van der Waals surface area contributed by atoms with Gasteiger partial charge in [-0.3, -0.25) is 0 Å². The Bertz CT molecular complexity index is 702. The number of aryl methyl sites for hydroxylation is 2. The average Bonchev–Trinajstić information content (AvgIpc) is 2.78. The van der Waals surface area contributed by atoms with Crippen LogP contribution in [-0.4, -0.2) is 0 Å². The first-order chi connectivity index (χ1) is 9.63. The zero-order valence-corrected chi connectivity index (χ0v) is 11.3. The molecule has 1 unspecified atom stereocenters. The van der Waals surface area contributed by atoms with E-state index in [1.165, 1.54) is 17.7 Å². The van der Waals surface area contributed by atoms with Crippen LogP contribution in [0.15, 0.2) is 42.5 Å². The number of halogens is 1. The van der Waals surface area contributed by atoms with E-state index in [1.807, 2.05) is 6.92 Å². The van der Waals surface area contributed by atoms with Crippen molar-refractivity contribution in [3.63, 3.8) is 0 Å². The van der Waals surface area contributed by atoms with Gasteiger partial charge in [0.1, 0.15) is 5.82 Å². The number of anilines is 1. The predicted molar refractivity (Wildman–Crippen MR) is 76.8 cm³/mol. The van der Waals surface area contributed by atoms with E-state index in [9.17, 15) is 9.65 Å². The molecular formula is C17H15FN2. The molecule has 0 bridgehead atoms. The molecule has 0 aliphatic heterocycles. The van der Waals surface area contributed by atoms with E-state index < -0.39 is 5.54 Å². The standard InChI is InChI=1S/C17H15FN2/c1-12-5-6-13-7-8-17(11-19,16(13)9-12)20-15-4-2-3-14(18)10-15/h2-6,9-10,20H,7-8H2,1H3. The number of fused-ring (bicyclic) bond motifs is 1. The van der Waals surface area contributed by atoms with Crippen molar-refractivity contribution in [2.45, 2.75) is 25.3 Å². The number of nitriles is 1. The van der Waals surface area contributed by atoms with Crippen LogP contribution >= 0.6 is 0 Å². The van der Waals surface area contributed by atoms with Crippen LogP contribution in [0.5, 0.6) is 0 Å². The highest BCUT2D eigenvalue weighted by atomic mass is 19.1. The van der Waals surface area contributed by atoms with E-state index in [2.05, 4.69) is 29.6 Å². The van der Waals surface area contributed by atoms with Gasteiger partial charge in [0.25, 0.3) is 0 Å². The minimum atomic E-state index is -0.755. The Balaban J connectivity index is 2.03. The molecule has 1 atom stereocenters. The van der Waals surface area contributed by atoms with Crippen LogP contribution in [-0.2, 0) is 12.0 Å². The molecule has 100 valence electrons. The fraction of sp³-hybridized carbons (Fsp3) is 0.235. The number of nitrogens with one attached hydrogen (secondary N) is 1. The van der Waals surface area contributed by atoms with Crippen molar-refractivity contribution in [2.75, 3.05) is 5.32 Å². The van der Waals surface area contributed by atoms with Gasteiger partial charge in [-0.1, -0.05) is 29.8 Å². The van der Waals surface area contributed by atoms with Crippen molar-refractivity contribution in [1.29, 1.82) is 5.26 Å². The highest BCUT2D eigenvalue weighted by Crippen LogP contribution is 2.39. The van der Waals surface area contributed by atoms with Crippen molar-refractivity contribution in [2.24, 2.45) is 0 Å². The molecule has 0 saturated carbocycles. The first-order valence-corrected chi connectivity index (χ1v) is 6.68. The summed E-state index contributed by atoms with van der Waals surface area (Å²) in [5.74, 6) is -0.300. The quantitative estimate of drug-likeness (QED) is 0.894. The summed E-state index contributed by atoms with van der Waals surface area (Å²) in [6, 6.07) is 14.9. The average molecular weight is 266 g/mol. The fourth-order valence-corrected chi connectivity index (χ4v) is 2.85. The molecule has 0 heterocycles. The minimum absolute atomic E-state index is 0.300. The van der Waals surface area contributed by atoms with Crippen LogP contribution < -0.4 is 5.32 Å². The molecule has 2 nitrogen and oxygen atoms in total. The summed E-state index contributed by atoms with van der Waals surface area (Å²) in [4.78, 5) is 0. The summed E-state index contributed by atoms with van der Waals surface area (Å²) in [6.07, 6.45) is 1.57. The monoisotopic (exact) mass is 266 g/mol. The molecule has 0 spiro atoms. The van der Waals surface area contributed by atoms with Gasteiger partial charge in [0.15, 0.2) is 5.54 Å². The fourth-order valence-electron chi connectivity index (χ4n) is 2.85. The number of rotatable bonds is 2. The highest BCUT2D eigenvalue weighted by molar-refractivity contribution is 5.55. The number of hydrogen-bond donors (Lipinski definition) is 1. The van der Waals surface area contributed by atoms with Crippen LogP contribution in [0.1, 0.15) is 23.1 Å². The van der Waals surface area contributed by atoms with Crippen LogP contribution in [0, 0.1) is 24.1 Å². The van der Waals surface area contributed by atoms with Crippen molar-refractivity contribution in [3.8, 4) is 6.07 Å². The zero-order valence-electron chi connectivity index (χ0n) is 11.3. The molecule has 1 aliphatic rings. The maximum absolute atomic E-state index is 13.3. The molecule has 20 heavy (non-hydrogen) atoms. The Labute approximate surface area is 117 Å². The minimum Gasteiger partial charge on any atom is -0.364 e. The van der Waals surface area contributed by atoms with Gasteiger partial charge in [-0.25, -0.2) is 4.39 Å². The van der Waals surface area contributed by atoms with Gasteiger partial charge in [-0.05, 0) is 49.1 Å². The third-order valence-corrected chi connectivity index (χ3v) is 3.87. The Hall–Kier alpha value is -2.34. The Morgan fingerprint density at radius 2 is 2.10 bits per heavy atom. The molecule has 0 saturated heterocycles. The van der Waals surface area contributed by atoms with Gasteiger partial charge in [0.2, 0.25) is 0 Å². The lowest BCUT2D eigenvalue weighted by atomic mass is 9.92. The van der Waals surface area contributed by atoms with E-state index in [0.29, 0.717) is 12.1 Å². The van der Waals surface area contributed by atoms with E-state index in [0.717, 1.165) is 17.5 Å². The lowest BCUT2D eigenvalue weighted by Gasteiger charge is -2.25. The van der Waals surface area contributed by atoms with E-state index in [4.69, 9.17) is 0 Å². The lowest BCUT2D eigenvalue weighted by Crippen LogP contribution is -2.31. The molecule has 1 aliphatic carbocycles. The van der Waals surface area contributed by atoms with E-state index in [-0.39, 0.29) is 5.82 Å². The topological polar surface area (TPSA) is 35.8 Å². The molecule has 0 aromatic heterocycles. The molecule has 3 heteroatoms. The third kappa shape index (κ3) is 2.04. The molecule has 2 aromatic carbocycles.